The van der Waals surface area contributed by atoms with E-state index in [9.17, 15) is 9.59 Å². The molecule has 140 valence electrons. The highest BCUT2D eigenvalue weighted by Crippen LogP contribution is 2.09. The molecule has 0 fully saturated rings. The summed E-state index contributed by atoms with van der Waals surface area (Å²) in [5.41, 5.74) is 0. The molecule has 1 N–H and O–H groups in total. The molecule has 0 aromatic rings. The fourth-order valence-corrected chi connectivity index (χ4v) is 2.47. The van der Waals surface area contributed by atoms with Gasteiger partial charge in [-0.2, -0.15) is 0 Å². The minimum absolute atomic E-state index is 0.0152. The van der Waals surface area contributed by atoms with Crippen LogP contribution < -0.4 is 5.32 Å². The summed E-state index contributed by atoms with van der Waals surface area (Å²) >= 11 is 0. The average molecular weight is 340 g/mol. The van der Waals surface area contributed by atoms with Crippen molar-refractivity contribution in [1.29, 1.82) is 0 Å². The van der Waals surface area contributed by atoms with E-state index in [1.54, 1.807) is 6.92 Å². The molecule has 24 heavy (non-hydrogen) atoms. The molecule has 0 aromatic heterocycles. The highest BCUT2D eigenvalue weighted by atomic mass is 16.5. The predicted octanol–water partition coefficient (Wildman–Crippen LogP) is 4.92. The van der Waals surface area contributed by atoms with Gasteiger partial charge in [-0.3, -0.25) is 9.59 Å². The van der Waals surface area contributed by atoms with Gasteiger partial charge in [-0.05, 0) is 39.0 Å². The van der Waals surface area contributed by atoms with E-state index in [-0.39, 0.29) is 18.4 Å². The molecule has 0 unspecified atom stereocenters. The van der Waals surface area contributed by atoms with E-state index in [1.165, 1.54) is 57.8 Å². The summed E-state index contributed by atoms with van der Waals surface area (Å²) in [5, 5.41) is 2.59. The van der Waals surface area contributed by atoms with Gasteiger partial charge in [-0.15, -0.1) is 0 Å². The van der Waals surface area contributed by atoms with Gasteiger partial charge >= 0.3 is 5.97 Å². The number of allylic oxidation sites excluding steroid dienone is 2. The Balaban J connectivity index is 3.27. The number of hydrogen-bond acceptors (Lipinski definition) is 3. The van der Waals surface area contributed by atoms with Crippen LogP contribution in [0.25, 0.3) is 0 Å². The van der Waals surface area contributed by atoms with Crippen molar-refractivity contribution >= 4 is 11.9 Å². The molecule has 0 aliphatic heterocycles. The molecular formula is C20H37NO3. The van der Waals surface area contributed by atoms with Crippen LogP contribution in [0.5, 0.6) is 0 Å². The van der Waals surface area contributed by atoms with Crippen LogP contribution in [0.2, 0.25) is 0 Å². The van der Waals surface area contributed by atoms with E-state index in [0.29, 0.717) is 13.0 Å². The number of esters is 1. The monoisotopic (exact) mass is 339 g/mol. The summed E-state index contributed by atoms with van der Waals surface area (Å²) in [6.07, 6.45) is 18.5. The van der Waals surface area contributed by atoms with Crippen LogP contribution in [0.15, 0.2) is 12.2 Å². The Hall–Kier alpha value is -1.32. The van der Waals surface area contributed by atoms with Crippen molar-refractivity contribution in [2.45, 2.75) is 90.9 Å². The quantitative estimate of drug-likeness (QED) is 0.247. The smallest absolute Gasteiger partial charge is 0.325 e. The lowest BCUT2D eigenvalue weighted by molar-refractivity contribution is -0.143. The lowest BCUT2D eigenvalue weighted by Crippen LogP contribution is -2.30. The van der Waals surface area contributed by atoms with E-state index in [0.717, 1.165) is 12.8 Å². The molecule has 0 aliphatic carbocycles. The molecule has 1 amide bonds. The predicted molar refractivity (Wildman–Crippen MR) is 99.9 cm³/mol. The fourth-order valence-electron chi connectivity index (χ4n) is 2.47. The second-order valence-electron chi connectivity index (χ2n) is 6.21. The molecular weight excluding hydrogens is 302 g/mol. The van der Waals surface area contributed by atoms with Crippen molar-refractivity contribution in [3.63, 3.8) is 0 Å². The number of amides is 1. The topological polar surface area (TPSA) is 55.4 Å². The normalized spacial score (nSPS) is 10.9. The van der Waals surface area contributed by atoms with Crippen molar-refractivity contribution in [1.82, 2.24) is 5.32 Å². The van der Waals surface area contributed by atoms with E-state index in [4.69, 9.17) is 4.74 Å². The number of carbonyl (C=O) groups is 2. The van der Waals surface area contributed by atoms with Crippen LogP contribution in [-0.4, -0.2) is 25.0 Å². The standard InChI is InChI=1S/C20H37NO3/c1-3-5-6-7-8-9-10-11-12-13-14-15-16-17-19(22)21-18-20(23)24-4-2/h8-9H,3-7,10-18H2,1-2H3,(H,21,22)/b9-8-. The molecule has 0 heterocycles. The number of nitrogens with one attached hydrogen (secondary N) is 1. The lowest BCUT2D eigenvalue weighted by atomic mass is 10.1. The number of rotatable bonds is 16. The summed E-state index contributed by atoms with van der Waals surface area (Å²) in [6, 6.07) is 0. The third-order valence-corrected chi connectivity index (χ3v) is 3.90. The highest BCUT2D eigenvalue weighted by molar-refractivity contribution is 5.81. The van der Waals surface area contributed by atoms with Crippen molar-refractivity contribution in [3.8, 4) is 0 Å². The van der Waals surface area contributed by atoms with Crippen molar-refractivity contribution in [2.24, 2.45) is 0 Å². The first-order valence-corrected chi connectivity index (χ1v) is 9.78. The van der Waals surface area contributed by atoms with Gasteiger partial charge in [0.25, 0.3) is 0 Å². The van der Waals surface area contributed by atoms with Gasteiger partial charge in [0.2, 0.25) is 5.91 Å². The van der Waals surface area contributed by atoms with Crippen LogP contribution in [-0.2, 0) is 14.3 Å². The lowest BCUT2D eigenvalue weighted by Gasteiger charge is -2.05. The maximum absolute atomic E-state index is 11.5. The Bertz CT molecular complexity index is 340. The molecule has 0 saturated heterocycles. The summed E-state index contributed by atoms with van der Waals surface area (Å²) in [5.74, 6) is -0.429. The number of carbonyl (C=O) groups excluding carboxylic acids is 2. The van der Waals surface area contributed by atoms with Crippen molar-refractivity contribution in [3.05, 3.63) is 12.2 Å². The Morgan fingerprint density at radius 2 is 1.42 bits per heavy atom. The second-order valence-corrected chi connectivity index (χ2v) is 6.21. The molecule has 4 heteroatoms. The Labute approximate surface area is 148 Å². The van der Waals surface area contributed by atoms with E-state index >= 15 is 0 Å². The molecule has 0 atom stereocenters. The summed E-state index contributed by atoms with van der Waals surface area (Å²) in [6.45, 7) is 4.32. The zero-order valence-electron chi connectivity index (χ0n) is 15.8. The van der Waals surface area contributed by atoms with E-state index in [2.05, 4.69) is 24.4 Å². The van der Waals surface area contributed by atoms with Gasteiger partial charge in [0.15, 0.2) is 0 Å². The van der Waals surface area contributed by atoms with Crippen molar-refractivity contribution < 1.29 is 14.3 Å². The molecule has 0 bridgehead atoms. The largest absolute Gasteiger partial charge is 0.465 e. The molecule has 0 spiro atoms. The van der Waals surface area contributed by atoms with Gasteiger partial charge in [-0.25, -0.2) is 0 Å². The fraction of sp³-hybridized carbons (Fsp3) is 0.800. The maximum atomic E-state index is 11.5. The molecule has 0 aliphatic rings. The second kappa shape index (κ2) is 18.0. The van der Waals surface area contributed by atoms with Crippen LogP contribution >= 0.6 is 0 Å². The maximum Gasteiger partial charge on any atom is 0.325 e. The van der Waals surface area contributed by atoms with Gasteiger partial charge in [0.1, 0.15) is 6.54 Å². The zero-order valence-corrected chi connectivity index (χ0v) is 15.8. The van der Waals surface area contributed by atoms with Crippen molar-refractivity contribution in [2.75, 3.05) is 13.2 Å². The first-order chi connectivity index (χ1) is 11.7. The summed E-state index contributed by atoms with van der Waals surface area (Å²) < 4.78 is 4.76. The molecule has 0 aromatic carbocycles. The first-order valence-electron chi connectivity index (χ1n) is 9.78. The Kier molecular flexibility index (Phi) is 17.0. The zero-order chi connectivity index (χ0) is 17.9. The average Bonchev–Trinajstić information content (AvgIpc) is 2.57. The molecule has 0 radical (unpaired) electrons. The molecule has 4 nitrogen and oxygen atoms in total. The van der Waals surface area contributed by atoms with Gasteiger partial charge < -0.3 is 10.1 Å². The summed E-state index contributed by atoms with van der Waals surface area (Å²) in [4.78, 5) is 22.6. The van der Waals surface area contributed by atoms with Crippen LogP contribution in [0, 0.1) is 0 Å². The third kappa shape index (κ3) is 17.0. The molecule has 0 saturated carbocycles. The minimum atomic E-state index is -0.370. The Morgan fingerprint density at radius 1 is 0.833 bits per heavy atom. The van der Waals surface area contributed by atoms with Gasteiger partial charge in [-0.1, -0.05) is 57.6 Å². The minimum Gasteiger partial charge on any atom is -0.465 e. The van der Waals surface area contributed by atoms with E-state index < -0.39 is 0 Å². The first kappa shape index (κ1) is 22.7. The number of hydrogen-bond donors (Lipinski definition) is 1. The highest BCUT2D eigenvalue weighted by Gasteiger charge is 2.05. The van der Waals surface area contributed by atoms with Crippen LogP contribution in [0.4, 0.5) is 0 Å². The summed E-state index contributed by atoms with van der Waals surface area (Å²) in [7, 11) is 0. The molecule has 0 rings (SSSR count). The number of ether oxygens (including phenoxy) is 1. The SMILES string of the molecule is CCCCC/C=C\CCCCCCCCC(=O)NCC(=O)OCC. The van der Waals surface area contributed by atoms with E-state index in [1.807, 2.05) is 0 Å². The number of unbranched alkanes of at least 4 members (excludes halogenated alkanes) is 9. The third-order valence-electron chi connectivity index (χ3n) is 3.90. The Morgan fingerprint density at radius 3 is 2.04 bits per heavy atom. The van der Waals surface area contributed by atoms with Gasteiger partial charge in [0.05, 0.1) is 6.61 Å². The van der Waals surface area contributed by atoms with Gasteiger partial charge in [0, 0.05) is 6.42 Å². The van der Waals surface area contributed by atoms with Crippen LogP contribution in [0.1, 0.15) is 90.9 Å². The van der Waals surface area contributed by atoms with Crippen LogP contribution in [0.3, 0.4) is 0 Å².